The minimum atomic E-state index is -0.541. The molecule has 1 aliphatic rings. The van der Waals surface area contributed by atoms with E-state index >= 15 is 0 Å². The molecule has 0 bridgehead atoms. The number of fused-ring (bicyclic) bond motifs is 3. The average Bonchev–Trinajstić information content (AvgIpc) is 3.18. The number of hydrogen-bond donors (Lipinski definition) is 0. The summed E-state index contributed by atoms with van der Waals surface area (Å²) in [6.07, 6.45) is 0. The van der Waals surface area contributed by atoms with Crippen LogP contribution in [0.3, 0.4) is 0 Å². The van der Waals surface area contributed by atoms with Crippen LogP contribution >= 0.6 is 11.8 Å². The van der Waals surface area contributed by atoms with E-state index in [1.807, 2.05) is 23.1 Å². The van der Waals surface area contributed by atoms with Gasteiger partial charge in [-0.05, 0) is 35.7 Å². The summed E-state index contributed by atoms with van der Waals surface area (Å²) in [4.78, 5) is 4.35. The highest BCUT2D eigenvalue weighted by Gasteiger charge is 2.20. The van der Waals surface area contributed by atoms with Gasteiger partial charge in [0, 0.05) is 44.5 Å². The van der Waals surface area contributed by atoms with Crippen molar-refractivity contribution >= 4 is 34.0 Å². The molecule has 3 heterocycles. The highest BCUT2D eigenvalue weighted by Crippen LogP contribution is 2.24. The van der Waals surface area contributed by atoms with Gasteiger partial charge in [0.15, 0.2) is 10.8 Å². The van der Waals surface area contributed by atoms with Crippen LogP contribution in [0.1, 0.15) is 0 Å². The molecule has 0 unspecified atom stereocenters. The number of thioether (sulfide) groups is 1. The summed E-state index contributed by atoms with van der Waals surface area (Å²) in [5.74, 6) is -0.139. The van der Waals surface area contributed by atoms with E-state index in [2.05, 4.69) is 37.7 Å². The smallest absolute Gasteiger partial charge is 0.196 e. The van der Waals surface area contributed by atoms with E-state index in [1.165, 1.54) is 12.1 Å². The van der Waals surface area contributed by atoms with Gasteiger partial charge in [-0.15, -0.1) is 10.2 Å². The largest absolute Gasteiger partial charge is 0.367 e. The van der Waals surface area contributed by atoms with Crippen LogP contribution in [0.15, 0.2) is 59.8 Å². The standard InChI is InChI=1S/C22H21F2N5S/c23-17-6-7-20(18(24)15-17)28-11-9-27(10-12-28)13-14-30-22-26-25-21-8-5-16-3-1-2-4-19(16)29(21)22/h1-8,15H,9-14H2. The van der Waals surface area contributed by atoms with E-state index in [1.54, 1.807) is 11.8 Å². The van der Waals surface area contributed by atoms with Crippen molar-refractivity contribution in [3.8, 4) is 0 Å². The number of anilines is 1. The Morgan fingerprint density at radius 1 is 0.900 bits per heavy atom. The van der Waals surface area contributed by atoms with Crippen molar-refractivity contribution in [2.75, 3.05) is 43.4 Å². The van der Waals surface area contributed by atoms with Crippen molar-refractivity contribution in [1.82, 2.24) is 19.5 Å². The van der Waals surface area contributed by atoms with Crippen molar-refractivity contribution in [1.29, 1.82) is 0 Å². The first-order valence-electron chi connectivity index (χ1n) is 9.97. The van der Waals surface area contributed by atoms with Crippen molar-refractivity contribution in [3.05, 3.63) is 66.2 Å². The van der Waals surface area contributed by atoms with E-state index in [0.29, 0.717) is 5.69 Å². The number of para-hydroxylation sites is 1. The Bertz CT molecular complexity index is 1190. The Balaban J connectivity index is 1.20. The lowest BCUT2D eigenvalue weighted by atomic mass is 10.2. The molecule has 30 heavy (non-hydrogen) atoms. The fourth-order valence-corrected chi connectivity index (χ4v) is 4.87. The summed E-state index contributed by atoms with van der Waals surface area (Å²) in [6, 6.07) is 16.1. The minimum Gasteiger partial charge on any atom is -0.367 e. The zero-order chi connectivity index (χ0) is 20.5. The number of aromatic nitrogens is 3. The number of rotatable bonds is 5. The first-order valence-corrected chi connectivity index (χ1v) is 11.0. The monoisotopic (exact) mass is 425 g/mol. The Kier molecular flexibility index (Phi) is 5.26. The second-order valence-electron chi connectivity index (χ2n) is 7.34. The third-order valence-corrected chi connectivity index (χ3v) is 6.42. The topological polar surface area (TPSA) is 36.7 Å². The fourth-order valence-electron chi connectivity index (χ4n) is 3.92. The number of nitrogens with zero attached hydrogens (tertiary/aromatic N) is 5. The SMILES string of the molecule is Fc1ccc(N2CCN(CCSc3nnc4ccc5ccccc5n34)CC2)c(F)c1. The number of hydrogen-bond acceptors (Lipinski definition) is 5. The van der Waals surface area contributed by atoms with Crippen LogP contribution in [0.5, 0.6) is 0 Å². The molecule has 1 fully saturated rings. The number of piperazine rings is 1. The van der Waals surface area contributed by atoms with Crippen molar-refractivity contribution in [2.24, 2.45) is 0 Å². The van der Waals surface area contributed by atoms with E-state index in [4.69, 9.17) is 0 Å². The minimum absolute atomic E-state index is 0.479. The van der Waals surface area contributed by atoms with Crippen molar-refractivity contribution in [2.45, 2.75) is 5.16 Å². The quantitative estimate of drug-likeness (QED) is 0.451. The van der Waals surface area contributed by atoms with Gasteiger partial charge in [-0.25, -0.2) is 8.78 Å². The Morgan fingerprint density at radius 2 is 1.73 bits per heavy atom. The molecule has 0 N–H and O–H groups in total. The average molecular weight is 426 g/mol. The third kappa shape index (κ3) is 3.73. The van der Waals surface area contributed by atoms with Gasteiger partial charge in [0.1, 0.15) is 11.6 Å². The molecular weight excluding hydrogens is 404 g/mol. The predicted molar refractivity (Wildman–Crippen MR) is 116 cm³/mol. The predicted octanol–water partition coefficient (Wildman–Crippen LogP) is 4.08. The lowest BCUT2D eigenvalue weighted by molar-refractivity contribution is 0.272. The van der Waals surface area contributed by atoms with Crippen molar-refractivity contribution in [3.63, 3.8) is 0 Å². The molecule has 0 atom stereocenters. The number of pyridine rings is 1. The van der Waals surface area contributed by atoms with Crippen LogP contribution < -0.4 is 4.90 Å². The first-order chi connectivity index (χ1) is 14.7. The molecule has 0 radical (unpaired) electrons. The van der Waals surface area contributed by atoms with E-state index in [0.717, 1.165) is 66.2 Å². The summed E-state index contributed by atoms with van der Waals surface area (Å²) in [6.45, 7) is 4.07. The van der Waals surface area contributed by atoms with Crippen LogP contribution in [0.25, 0.3) is 16.6 Å². The third-order valence-electron chi connectivity index (χ3n) is 5.51. The van der Waals surface area contributed by atoms with Gasteiger partial charge >= 0.3 is 0 Å². The normalized spacial score (nSPS) is 15.3. The zero-order valence-corrected chi connectivity index (χ0v) is 17.2. The molecule has 2 aromatic carbocycles. The molecule has 8 heteroatoms. The molecule has 1 aliphatic heterocycles. The second-order valence-corrected chi connectivity index (χ2v) is 8.40. The highest BCUT2D eigenvalue weighted by atomic mass is 32.2. The maximum atomic E-state index is 14.0. The molecule has 2 aromatic heterocycles. The molecule has 4 aromatic rings. The van der Waals surface area contributed by atoms with Crippen LogP contribution in [0.4, 0.5) is 14.5 Å². The molecule has 1 saturated heterocycles. The molecule has 5 rings (SSSR count). The van der Waals surface area contributed by atoms with Gasteiger partial charge in [0.05, 0.1) is 11.2 Å². The van der Waals surface area contributed by atoms with Gasteiger partial charge in [0.2, 0.25) is 0 Å². The summed E-state index contributed by atoms with van der Waals surface area (Å²) in [7, 11) is 0. The van der Waals surface area contributed by atoms with Crippen LogP contribution in [-0.2, 0) is 0 Å². The first kappa shape index (κ1) is 19.3. The van der Waals surface area contributed by atoms with Crippen LogP contribution in [-0.4, -0.2) is 58.0 Å². The van der Waals surface area contributed by atoms with E-state index in [-0.39, 0.29) is 0 Å². The Morgan fingerprint density at radius 3 is 2.57 bits per heavy atom. The summed E-state index contributed by atoms with van der Waals surface area (Å²) >= 11 is 1.70. The molecule has 154 valence electrons. The van der Waals surface area contributed by atoms with Crippen LogP contribution in [0.2, 0.25) is 0 Å². The maximum absolute atomic E-state index is 14.0. The summed E-state index contributed by atoms with van der Waals surface area (Å²) in [5.41, 5.74) is 2.44. The second kappa shape index (κ2) is 8.20. The van der Waals surface area contributed by atoms with Gasteiger partial charge in [-0.2, -0.15) is 0 Å². The zero-order valence-electron chi connectivity index (χ0n) is 16.3. The van der Waals surface area contributed by atoms with Crippen molar-refractivity contribution < 1.29 is 8.78 Å². The van der Waals surface area contributed by atoms with Gasteiger partial charge in [-0.1, -0.05) is 30.0 Å². The summed E-state index contributed by atoms with van der Waals surface area (Å²) < 4.78 is 29.3. The molecule has 0 amide bonds. The molecule has 0 aliphatic carbocycles. The highest BCUT2D eigenvalue weighted by molar-refractivity contribution is 7.99. The summed E-state index contributed by atoms with van der Waals surface area (Å²) in [5, 5.41) is 10.7. The van der Waals surface area contributed by atoms with E-state index in [9.17, 15) is 8.78 Å². The molecular formula is C22H21F2N5S. The Labute approximate surface area is 177 Å². The molecule has 5 nitrogen and oxygen atoms in total. The van der Waals surface area contributed by atoms with Gasteiger partial charge in [-0.3, -0.25) is 9.30 Å². The lowest BCUT2D eigenvalue weighted by Gasteiger charge is -2.36. The molecule has 0 spiro atoms. The van der Waals surface area contributed by atoms with Crippen LogP contribution in [0, 0.1) is 11.6 Å². The Hall–Kier alpha value is -2.71. The number of benzene rings is 2. The lowest BCUT2D eigenvalue weighted by Crippen LogP contribution is -2.47. The van der Waals surface area contributed by atoms with Gasteiger partial charge in [0.25, 0.3) is 0 Å². The molecule has 0 saturated carbocycles. The van der Waals surface area contributed by atoms with E-state index < -0.39 is 11.6 Å². The number of halogens is 2. The van der Waals surface area contributed by atoms with Gasteiger partial charge < -0.3 is 4.90 Å². The maximum Gasteiger partial charge on any atom is 0.196 e. The fraction of sp³-hybridized carbons (Fsp3) is 0.273.